The maximum absolute atomic E-state index is 12.6. The third kappa shape index (κ3) is 2.75. The van der Waals surface area contributed by atoms with Crippen LogP contribution in [0.2, 0.25) is 0 Å². The molecule has 1 atom stereocenters. The fourth-order valence-electron chi connectivity index (χ4n) is 2.76. The predicted octanol–water partition coefficient (Wildman–Crippen LogP) is 0.677. The van der Waals surface area contributed by atoms with Gasteiger partial charge in [-0.1, -0.05) is 42.5 Å². The van der Waals surface area contributed by atoms with Crippen LogP contribution in [0.4, 0.5) is 0 Å². The quantitative estimate of drug-likeness (QED) is 0.421. The molecule has 9 heteroatoms. The molecular formula is C17H12O9. The standard InChI is InChI=1S/C17H12O9/c18-12(8-4-2-1-3-5-8)9-6-7-17(15(23)24,16(25)26)11(14(21)22)10(9)13(19)20/h1-7,11H,(H,19,20)(H,21,22)(H,23,24)(H,25,26). The molecule has 0 aliphatic heterocycles. The molecule has 0 aromatic heterocycles. The average Bonchev–Trinajstić information content (AvgIpc) is 2.59. The number of hydrogen-bond donors (Lipinski definition) is 4. The van der Waals surface area contributed by atoms with E-state index in [1.54, 1.807) is 6.07 Å². The number of carbonyl (C=O) groups is 5. The highest BCUT2D eigenvalue weighted by atomic mass is 16.4. The lowest BCUT2D eigenvalue weighted by atomic mass is 9.66. The Morgan fingerprint density at radius 2 is 1.38 bits per heavy atom. The van der Waals surface area contributed by atoms with Crippen molar-refractivity contribution in [2.45, 2.75) is 0 Å². The van der Waals surface area contributed by atoms with E-state index in [9.17, 15) is 44.4 Å². The van der Waals surface area contributed by atoms with E-state index >= 15 is 0 Å². The lowest BCUT2D eigenvalue weighted by Crippen LogP contribution is -2.51. The number of aliphatic carboxylic acids is 4. The Bertz CT molecular complexity index is 863. The molecular weight excluding hydrogens is 348 g/mol. The normalized spacial score (nSPS) is 18.2. The van der Waals surface area contributed by atoms with E-state index in [2.05, 4.69) is 0 Å². The number of Topliss-reactive ketones (excluding diaryl/α,β-unsaturated/α-hetero) is 1. The van der Waals surface area contributed by atoms with Crippen molar-refractivity contribution in [2.75, 3.05) is 0 Å². The molecule has 0 saturated carbocycles. The van der Waals surface area contributed by atoms with Crippen molar-refractivity contribution >= 4 is 29.7 Å². The second-order valence-electron chi connectivity index (χ2n) is 5.41. The molecule has 1 unspecified atom stereocenters. The van der Waals surface area contributed by atoms with Crippen LogP contribution in [0.3, 0.4) is 0 Å². The molecule has 26 heavy (non-hydrogen) atoms. The lowest BCUT2D eigenvalue weighted by Gasteiger charge is -2.32. The third-order valence-corrected chi connectivity index (χ3v) is 4.01. The van der Waals surface area contributed by atoms with Crippen LogP contribution in [0.25, 0.3) is 0 Å². The van der Waals surface area contributed by atoms with Gasteiger partial charge in [0, 0.05) is 11.1 Å². The molecule has 0 bridgehead atoms. The van der Waals surface area contributed by atoms with Crippen LogP contribution in [0.5, 0.6) is 0 Å². The van der Waals surface area contributed by atoms with Crippen molar-refractivity contribution in [3.05, 3.63) is 59.2 Å². The van der Waals surface area contributed by atoms with Crippen LogP contribution in [0.1, 0.15) is 10.4 Å². The van der Waals surface area contributed by atoms with Gasteiger partial charge in [-0.05, 0) is 0 Å². The molecule has 1 aliphatic rings. The summed E-state index contributed by atoms with van der Waals surface area (Å²) in [6.45, 7) is 0. The van der Waals surface area contributed by atoms with Crippen LogP contribution in [-0.4, -0.2) is 50.1 Å². The Kier molecular flexibility index (Phi) is 4.74. The van der Waals surface area contributed by atoms with Crippen molar-refractivity contribution in [3.63, 3.8) is 0 Å². The molecule has 0 heterocycles. The Morgan fingerprint density at radius 1 is 0.846 bits per heavy atom. The summed E-state index contributed by atoms with van der Waals surface area (Å²) in [5, 5.41) is 37.5. The van der Waals surface area contributed by atoms with Gasteiger partial charge in [-0.15, -0.1) is 0 Å². The topological polar surface area (TPSA) is 166 Å². The van der Waals surface area contributed by atoms with E-state index in [0.717, 1.165) is 6.08 Å². The number of carboxylic acid groups (broad SMARTS) is 4. The van der Waals surface area contributed by atoms with Gasteiger partial charge in [-0.2, -0.15) is 0 Å². The average molecular weight is 360 g/mol. The van der Waals surface area contributed by atoms with Crippen LogP contribution in [0, 0.1) is 11.3 Å². The summed E-state index contributed by atoms with van der Waals surface area (Å²) in [4.78, 5) is 59.0. The molecule has 0 radical (unpaired) electrons. The summed E-state index contributed by atoms with van der Waals surface area (Å²) in [7, 11) is 0. The minimum absolute atomic E-state index is 0.0354. The highest BCUT2D eigenvalue weighted by Gasteiger charge is 2.59. The van der Waals surface area contributed by atoms with Crippen LogP contribution >= 0.6 is 0 Å². The number of allylic oxidation sites excluding steroid dienone is 2. The number of carboxylic acids is 4. The smallest absolute Gasteiger partial charge is 0.333 e. The SMILES string of the molecule is O=C(O)C1=C(C(=O)c2ccccc2)C=CC(C(=O)O)(C(=O)O)C1C(=O)O. The van der Waals surface area contributed by atoms with Crippen molar-refractivity contribution < 1.29 is 44.4 Å². The second-order valence-corrected chi connectivity index (χ2v) is 5.41. The number of ketones is 1. The Balaban J connectivity index is 2.78. The molecule has 4 N–H and O–H groups in total. The van der Waals surface area contributed by atoms with E-state index in [-0.39, 0.29) is 5.56 Å². The molecule has 0 amide bonds. The van der Waals surface area contributed by atoms with Gasteiger partial charge in [-0.25, -0.2) is 4.79 Å². The zero-order valence-electron chi connectivity index (χ0n) is 12.9. The van der Waals surface area contributed by atoms with E-state index in [4.69, 9.17) is 0 Å². The van der Waals surface area contributed by atoms with E-state index in [1.165, 1.54) is 24.3 Å². The monoisotopic (exact) mass is 360 g/mol. The zero-order valence-corrected chi connectivity index (χ0v) is 12.9. The lowest BCUT2D eigenvalue weighted by molar-refractivity contribution is -0.170. The van der Waals surface area contributed by atoms with Crippen molar-refractivity contribution in [1.82, 2.24) is 0 Å². The van der Waals surface area contributed by atoms with Crippen LogP contribution in [-0.2, 0) is 19.2 Å². The molecule has 9 nitrogen and oxygen atoms in total. The minimum atomic E-state index is -3.06. The van der Waals surface area contributed by atoms with Gasteiger partial charge in [0.1, 0.15) is 5.92 Å². The van der Waals surface area contributed by atoms with Gasteiger partial charge in [0.25, 0.3) is 0 Å². The molecule has 1 aliphatic carbocycles. The van der Waals surface area contributed by atoms with E-state index < -0.39 is 52.1 Å². The maximum Gasteiger partial charge on any atom is 0.333 e. The van der Waals surface area contributed by atoms with Gasteiger partial charge in [0.2, 0.25) is 5.41 Å². The van der Waals surface area contributed by atoms with Crippen molar-refractivity contribution in [2.24, 2.45) is 11.3 Å². The summed E-state index contributed by atoms with van der Waals surface area (Å²) in [6.07, 6.45) is 1.26. The first-order chi connectivity index (χ1) is 12.1. The fraction of sp³-hybridized carbons (Fsp3) is 0.118. The fourth-order valence-corrected chi connectivity index (χ4v) is 2.76. The molecule has 2 rings (SSSR count). The van der Waals surface area contributed by atoms with Gasteiger partial charge in [-0.3, -0.25) is 19.2 Å². The first-order valence-electron chi connectivity index (χ1n) is 7.10. The van der Waals surface area contributed by atoms with E-state index in [1.807, 2.05) is 0 Å². The zero-order chi connectivity index (χ0) is 19.6. The molecule has 134 valence electrons. The second kappa shape index (κ2) is 6.63. The number of carbonyl (C=O) groups excluding carboxylic acids is 1. The van der Waals surface area contributed by atoms with Gasteiger partial charge >= 0.3 is 23.9 Å². The van der Waals surface area contributed by atoms with Crippen LogP contribution < -0.4 is 0 Å². The van der Waals surface area contributed by atoms with Gasteiger partial charge in [0.15, 0.2) is 5.78 Å². The minimum Gasteiger partial charge on any atom is -0.481 e. The van der Waals surface area contributed by atoms with Crippen molar-refractivity contribution in [1.29, 1.82) is 0 Å². The predicted molar refractivity (Wildman–Crippen MR) is 83.4 cm³/mol. The largest absolute Gasteiger partial charge is 0.481 e. The first-order valence-corrected chi connectivity index (χ1v) is 7.10. The molecule has 1 aromatic carbocycles. The summed E-state index contributed by atoms with van der Waals surface area (Å²) in [5.41, 5.74) is -4.71. The Hall–Kier alpha value is -3.75. The van der Waals surface area contributed by atoms with Gasteiger partial charge in [0.05, 0.1) is 5.57 Å². The first kappa shape index (κ1) is 18.6. The maximum atomic E-state index is 12.6. The number of hydrogen-bond acceptors (Lipinski definition) is 5. The Labute approximate surface area is 145 Å². The van der Waals surface area contributed by atoms with Gasteiger partial charge < -0.3 is 20.4 Å². The summed E-state index contributed by atoms with van der Waals surface area (Å²) in [5.74, 6) is -11.4. The highest BCUT2D eigenvalue weighted by molar-refractivity contribution is 6.18. The molecule has 0 spiro atoms. The third-order valence-electron chi connectivity index (χ3n) is 4.01. The Morgan fingerprint density at radius 3 is 1.81 bits per heavy atom. The summed E-state index contributed by atoms with van der Waals surface area (Å²) in [6, 6.07) is 7.30. The molecule has 0 fully saturated rings. The number of rotatable bonds is 6. The number of benzene rings is 1. The summed E-state index contributed by atoms with van der Waals surface area (Å²) >= 11 is 0. The highest BCUT2D eigenvalue weighted by Crippen LogP contribution is 2.42. The molecule has 0 saturated heterocycles. The molecule has 1 aromatic rings. The van der Waals surface area contributed by atoms with Crippen LogP contribution in [0.15, 0.2) is 53.6 Å². The summed E-state index contributed by atoms with van der Waals surface area (Å²) < 4.78 is 0. The van der Waals surface area contributed by atoms with E-state index in [0.29, 0.717) is 6.08 Å². The van der Waals surface area contributed by atoms with Crippen molar-refractivity contribution in [3.8, 4) is 0 Å².